The summed E-state index contributed by atoms with van der Waals surface area (Å²) in [7, 11) is 1.97. The predicted molar refractivity (Wildman–Crippen MR) is 65.3 cm³/mol. The average molecular weight is 272 g/mol. The van der Waals surface area contributed by atoms with E-state index in [9.17, 15) is 0 Å². The molecule has 2 rings (SSSR count). The largest absolute Gasteiger partial charge is 0.299 e. The standard InChI is InChI=1S/C11H18BrN3/c1-14-9-10(8-13-14)4-6-15-5-2-3-11(15)7-12/h8-9,11H,2-7H2,1H3. The van der Waals surface area contributed by atoms with Gasteiger partial charge in [0.2, 0.25) is 0 Å². The van der Waals surface area contributed by atoms with Crippen LogP contribution in [0.3, 0.4) is 0 Å². The zero-order valence-corrected chi connectivity index (χ0v) is 10.8. The lowest BCUT2D eigenvalue weighted by atomic mass is 10.2. The number of aryl methyl sites for hydroxylation is 1. The van der Waals surface area contributed by atoms with Crippen LogP contribution in [0, 0.1) is 0 Å². The SMILES string of the molecule is Cn1cc(CCN2CCCC2CBr)cn1. The van der Waals surface area contributed by atoms with Gasteiger partial charge >= 0.3 is 0 Å². The van der Waals surface area contributed by atoms with Gasteiger partial charge in [0, 0.05) is 31.2 Å². The fourth-order valence-electron chi connectivity index (χ4n) is 2.24. The van der Waals surface area contributed by atoms with E-state index in [1.807, 2.05) is 17.9 Å². The minimum atomic E-state index is 0.752. The predicted octanol–water partition coefficient (Wildman–Crippen LogP) is 1.82. The number of hydrogen-bond acceptors (Lipinski definition) is 2. The van der Waals surface area contributed by atoms with Crippen molar-refractivity contribution in [1.29, 1.82) is 0 Å². The first kappa shape index (κ1) is 11.1. The second-order valence-corrected chi connectivity index (χ2v) is 4.91. The van der Waals surface area contributed by atoms with Gasteiger partial charge in [-0.15, -0.1) is 0 Å². The Labute approximate surface area is 99.6 Å². The van der Waals surface area contributed by atoms with Crippen LogP contribution < -0.4 is 0 Å². The van der Waals surface area contributed by atoms with Crippen molar-refractivity contribution in [2.45, 2.75) is 25.3 Å². The molecule has 3 nitrogen and oxygen atoms in total. The van der Waals surface area contributed by atoms with Gasteiger partial charge in [-0.05, 0) is 31.4 Å². The molecule has 0 bridgehead atoms. The Balaban J connectivity index is 1.82. The lowest BCUT2D eigenvalue weighted by molar-refractivity contribution is 0.277. The second-order valence-electron chi connectivity index (χ2n) is 4.26. The van der Waals surface area contributed by atoms with Crippen LogP contribution in [0.25, 0.3) is 0 Å². The number of nitrogens with zero attached hydrogens (tertiary/aromatic N) is 3. The van der Waals surface area contributed by atoms with Crippen molar-refractivity contribution < 1.29 is 0 Å². The van der Waals surface area contributed by atoms with Crippen molar-refractivity contribution in [3.8, 4) is 0 Å². The van der Waals surface area contributed by atoms with Crippen LogP contribution in [-0.2, 0) is 13.5 Å². The first-order chi connectivity index (χ1) is 7.29. The maximum Gasteiger partial charge on any atom is 0.0522 e. The van der Waals surface area contributed by atoms with Crippen LogP contribution in [0.1, 0.15) is 18.4 Å². The third kappa shape index (κ3) is 2.82. The van der Waals surface area contributed by atoms with Crippen LogP contribution in [0.15, 0.2) is 12.4 Å². The minimum Gasteiger partial charge on any atom is -0.299 e. The Morgan fingerprint density at radius 2 is 2.47 bits per heavy atom. The molecular weight excluding hydrogens is 254 g/mol. The van der Waals surface area contributed by atoms with Gasteiger partial charge in [-0.1, -0.05) is 15.9 Å². The van der Waals surface area contributed by atoms with Crippen molar-refractivity contribution >= 4 is 15.9 Å². The molecule has 1 fully saturated rings. The normalized spacial score (nSPS) is 22.4. The topological polar surface area (TPSA) is 21.1 Å². The maximum absolute atomic E-state index is 4.19. The third-order valence-electron chi connectivity index (χ3n) is 3.12. The summed E-state index contributed by atoms with van der Waals surface area (Å²) in [6.45, 7) is 2.43. The number of halogens is 1. The molecular formula is C11H18BrN3. The van der Waals surface area contributed by atoms with Gasteiger partial charge in [0.05, 0.1) is 6.20 Å². The summed E-state index contributed by atoms with van der Waals surface area (Å²) >= 11 is 3.59. The van der Waals surface area contributed by atoms with Gasteiger partial charge in [-0.25, -0.2) is 0 Å². The van der Waals surface area contributed by atoms with Gasteiger partial charge in [-0.2, -0.15) is 5.10 Å². The zero-order valence-electron chi connectivity index (χ0n) is 9.19. The molecule has 4 heteroatoms. The Morgan fingerprint density at radius 3 is 3.13 bits per heavy atom. The summed E-state index contributed by atoms with van der Waals surface area (Å²) in [5, 5.41) is 5.30. The highest BCUT2D eigenvalue weighted by Crippen LogP contribution is 2.19. The fourth-order valence-corrected chi connectivity index (χ4v) is 2.97. The molecule has 1 aliphatic heterocycles. The smallest absolute Gasteiger partial charge is 0.0522 e. The van der Waals surface area contributed by atoms with Crippen LogP contribution >= 0.6 is 15.9 Å². The van der Waals surface area contributed by atoms with Crippen molar-refractivity contribution in [2.24, 2.45) is 7.05 Å². The van der Waals surface area contributed by atoms with Gasteiger partial charge in [0.25, 0.3) is 0 Å². The Kier molecular flexibility index (Phi) is 3.81. The molecule has 1 aliphatic rings. The van der Waals surface area contributed by atoms with Gasteiger partial charge in [-0.3, -0.25) is 9.58 Å². The number of hydrogen-bond donors (Lipinski definition) is 0. The van der Waals surface area contributed by atoms with E-state index in [0.717, 1.165) is 17.8 Å². The first-order valence-electron chi connectivity index (χ1n) is 5.57. The number of rotatable bonds is 4. The van der Waals surface area contributed by atoms with E-state index in [1.165, 1.54) is 31.5 Å². The molecule has 0 saturated carbocycles. The molecule has 0 aromatic carbocycles. The van der Waals surface area contributed by atoms with Crippen LogP contribution in [-0.4, -0.2) is 39.1 Å². The lowest BCUT2D eigenvalue weighted by Gasteiger charge is -2.22. The first-order valence-corrected chi connectivity index (χ1v) is 6.69. The molecule has 0 spiro atoms. The van der Waals surface area contributed by atoms with E-state index in [2.05, 4.69) is 32.1 Å². The van der Waals surface area contributed by atoms with Crippen LogP contribution in [0.2, 0.25) is 0 Å². The summed E-state index contributed by atoms with van der Waals surface area (Å²) in [5.74, 6) is 0. The summed E-state index contributed by atoms with van der Waals surface area (Å²) in [6, 6.07) is 0.752. The van der Waals surface area contributed by atoms with E-state index in [1.54, 1.807) is 0 Å². The van der Waals surface area contributed by atoms with Crippen LogP contribution in [0.4, 0.5) is 0 Å². The average Bonchev–Trinajstić information content (AvgIpc) is 2.83. The van der Waals surface area contributed by atoms with Crippen molar-refractivity contribution in [2.75, 3.05) is 18.4 Å². The minimum absolute atomic E-state index is 0.752. The Bertz CT molecular complexity index is 311. The highest BCUT2D eigenvalue weighted by atomic mass is 79.9. The molecule has 0 aliphatic carbocycles. The number of aromatic nitrogens is 2. The van der Waals surface area contributed by atoms with Crippen molar-refractivity contribution in [3.63, 3.8) is 0 Å². The van der Waals surface area contributed by atoms with Crippen molar-refractivity contribution in [1.82, 2.24) is 14.7 Å². The van der Waals surface area contributed by atoms with E-state index < -0.39 is 0 Å². The molecule has 15 heavy (non-hydrogen) atoms. The molecule has 1 aromatic heterocycles. The van der Waals surface area contributed by atoms with Crippen molar-refractivity contribution in [3.05, 3.63) is 18.0 Å². The second kappa shape index (κ2) is 5.12. The van der Waals surface area contributed by atoms with Crippen LogP contribution in [0.5, 0.6) is 0 Å². The summed E-state index contributed by atoms with van der Waals surface area (Å²) in [6.07, 6.45) is 7.90. The van der Waals surface area contributed by atoms with E-state index >= 15 is 0 Å². The number of likely N-dealkylation sites (tertiary alicyclic amines) is 1. The van der Waals surface area contributed by atoms with Gasteiger partial charge < -0.3 is 0 Å². The highest BCUT2D eigenvalue weighted by molar-refractivity contribution is 9.09. The summed E-state index contributed by atoms with van der Waals surface area (Å²) in [4.78, 5) is 2.59. The summed E-state index contributed by atoms with van der Waals surface area (Å²) in [5.41, 5.74) is 1.35. The van der Waals surface area contributed by atoms with Gasteiger partial charge in [0.15, 0.2) is 0 Å². The molecule has 2 heterocycles. The molecule has 0 amide bonds. The fraction of sp³-hybridized carbons (Fsp3) is 0.727. The summed E-state index contributed by atoms with van der Waals surface area (Å²) < 4.78 is 1.88. The molecule has 1 atom stereocenters. The third-order valence-corrected chi connectivity index (χ3v) is 3.87. The number of alkyl halides is 1. The van der Waals surface area contributed by atoms with E-state index in [4.69, 9.17) is 0 Å². The Morgan fingerprint density at radius 1 is 1.60 bits per heavy atom. The zero-order chi connectivity index (χ0) is 10.7. The molecule has 1 unspecified atom stereocenters. The monoisotopic (exact) mass is 271 g/mol. The Hall–Kier alpha value is -0.350. The quantitative estimate of drug-likeness (QED) is 0.780. The molecule has 1 saturated heterocycles. The molecule has 1 aromatic rings. The van der Waals surface area contributed by atoms with E-state index in [-0.39, 0.29) is 0 Å². The maximum atomic E-state index is 4.19. The molecule has 0 radical (unpaired) electrons. The van der Waals surface area contributed by atoms with Gasteiger partial charge in [0.1, 0.15) is 0 Å². The lowest BCUT2D eigenvalue weighted by Crippen LogP contribution is -2.32. The van der Waals surface area contributed by atoms with E-state index in [0.29, 0.717) is 0 Å². The molecule has 84 valence electrons. The highest BCUT2D eigenvalue weighted by Gasteiger charge is 2.22. The molecule has 0 N–H and O–H groups in total.